The number of anilines is 1. The lowest BCUT2D eigenvalue weighted by molar-refractivity contribution is 0.0698. The molecule has 1 atom stereocenters. The fourth-order valence-corrected chi connectivity index (χ4v) is 3.50. The van der Waals surface area contributed by atoms with Crippen LogP contribution in [0.25, 0.3) is 0 Å². The van der Waals surface area contributed by atoms with E-state index in [-0.39, 0.29) is 23.1 Å². The van der Waals surface area contributed by atoms with Gasteiger partial charge in [-0.1, -0.05) is 11.6 Å². The zero-order chi connectivity index (χ0) is 14.8. The number of hydrogen-bond acceptors (Lipinski definition) is 4. The molecule has 1 aliphatic heterocycles. The van der Waals surface area contributed by atoms with Gasteiger partial charge in [0.1, 0.15) is 0 Å². The van der Waals surface area contributed by atoms with Crippen molar-refractivity contribution in [2.75, 3.05) is 17.1 Å². The second-order valence-electron chi connectivity index (χ2n) is 4.87. The second-order valence-corrected chi connectivity index (χ2v) is 6.64. The van der Waals surface area contributed by atoms with E-state index in [1.54, 1.807) is 13.0 Å². The van der Waals surface area contributed by atoms with Gasteiger partial charge in [-0.3, -0.25) is 4.72 Å². The highest BCUT2D eigenvalue weighted by Crippen LogP contribution is 2.20. The molecule has 0 radical (unpaired) electrons. The topological polar surface area (TPSA) is 92.7 Å². The van der Waals surface area contributed by atoms with Crippen LogP contribution in [0.15, 0.2) is 18.2 Å². The molecule has 0 aromatic heterocycles. The van der Waals surface area contributed by atoms with E-state index in [1.807, 2.05) is 0 Å². The number of sulfonamides is 1. The van der Waals surface area contributed by atoms with Gasteiger partial charge < -0.3 is 9.84 Å². The summed E-state index contributed by atoms with van der Waals surface area (Å²) < 4.78 is 31.7. The second kappa shape index (κ2) is 5.80. The van der Waals surface area contributed by atoms with Crippen LogP contribution in [0.2, 0.25) is 0 Å². The van der Waals surface area contributed by atoms with Gasteiger partial charge in [0.2, 0.25) is 10.0 Å². The molecule has 0 spiro atoms. The van der Waals surface area contributed by atoms with Gasteiger partial charge in [-0.2, -0.15) is 0 Å². The van der Waals surface area contributed by atoms with Crippen LogP contribution in [0.3, 0.4) is 0 Å². The third-order valence-corrected chi connectivity index (χ3v) is 4.44. The van der Waals surface area contributed by atoms with Crippen LogP contribution in [0.4, 0.5) is 5.69 Å². The van der Waals surface area contributed by atoms with Crippen molar-refractivity contribution in [1.29, 1.82) is 0 Å². The van der Waals surface area contributed by atoms with Crippen molar-refractivity contribution >= 4 is 21.7 Å². The van der Waals surface area contributed by atoms with E-state index in [1.165, 1.54) is 12.1 Å². The van der Waals surface area contributed by atoms with Gasteiger partial charge in [0.25, 0.3) is 0 Å². The van der Waals surface area contributed by atoms with Crippen molar-refractivity contribution in [3.05, 3.63) is 29.3 Å². The number of aromatic carboxylic acids is 1. The molecule has 1 aromatic rings. The van der Waals surface area contributed by atoms with E-state index < -0.39 is 16.0 Å². The third kappa shape index (κ3) is 3.71. The highest BCUT2D eigenvalue weighted by Gasteiger charge is 2.24. The van der Waals surface area contributed by atoms with E-state index >= 15 is 0 Å². The van der Waals surface area contributed by atoms with Crippen LogP contribution >= 0.6 is 0 Å². The molecule has 0 amide bonds. The maximum atomic E-state index is 12.0. The summed E-state index contributed by atoms with van der Waals surface area (Å²) in [5.74, 6) is -1.32. The predicted molar refractivity (Wildman–Crippen MR) is 74.5 cm³/mol. The molecule has 0 aliphatic carbocycles. The van der Waals surface area contributed by atoms with Gasteiger partial charge in [-0.15, -0.1) is 0 Å². The fraction of sp³-hybridized carbons (Fsp3) is 0.462. The molecule has 1 unspecified atom stereocenters. The van der Waals surface area contributed by atoms with Crippen molar-refractivity contribution in [3.63, 3.8) is 0 Å². The Bertz CT molecular complexity index is 605. The monoisotopic (exact) mass is 299 g/mol. The number of carbonyl (C=O) groups is 1. The average Bonchev–Trinajstić information content (AvgIpc) is 2.82. The number of carboxylic acid groups (broad SMARTS) is 1. The SMILES string of the molecule is Cc1ccc(NS(=O)(=O)CC2CCCO2)c(C(=O)O)c1. The Morgan fingerprint density at radius 1 is 1.50 bits per heavy atom. The number of carboxylic acids is 1. The Labute approximate surface area is 117 Å². The first kappa shape index (κ1) is 14.8. The molecular formula is C13H17NO5S. The minimum atomic E-state index is -3.63. The van der Waals surface area contributed by atoms with Gasteiger partial charge in [0, 0.05) is 6.61 Å². The van der Waals surface area contributed by atoms with Crippen LogP contribution < -0.4 is 4.72 Å². The Morgan fingerprint density at radius 3 is 2.85 bits per heavy atom. The Balaban J connectivity index is 2.18. The predicted octanol–water partition coefficient (Wildman–Crippen LogP) is 1.61. The molecule has 0 saturated carbocycles. The fourth-order valence-electron chi connectivity index (χ4n) is 2.15. The zero-order valence-corrected chi connectivity index (χ0v) is 11.9. The summed E-state index contributed by atoms with van der Waals surface area (Å²) in [5.41, 5.74) is 0.784. The summed E-state index contributed by atoms with van der Waals surface area (Å²) in [6.45, 7) is 2.32. The Kier molecular flexibility index (Phi) is 4.29. The molecule has 20 heavy (non-hydrogen) atoms. The summed E-state index contributed by atoms with van der Waals surface area (Å²) in [5, 5.41) is 9.11. The van der Waals surface area contributed by atoms with Crippen molar-refractivity contribution in [3.8, 4) is 0 Å². The lowest BCUT2D eigenvalue weighted by Crippen LogP contribution is -2.26. The van der Waals surface area contributed by atoms with E-state index in [9.17, 15) is 13.2 Å². The molecule has 0 bridgehead atoms. The quantitative estimate of drug-likeness (QED) is 0.861. The molecule has 7 heteroatoms. The van der Waals surface area contributed by atoms with Gasteiger partial charge >= 0.3 is 5.97 Å². The maximum absolute atomic E-state index is 12.0. The van der Waals surface area contributed by atoms with Gasteiger partial charge in [-0.25, -0.2) is 13.2 Å². The van der Waals surface area contributed by atoms with Crippen LogP contribution in [0.1, 0.15) is 28.8 Å². The minimum absolute atomic E-state index is 0.0547. The maximum Gasteiger partial charge on any atom is 0.337 e. The molecule has 1 aliphatic rings. The molecule has 6 nitrogen and oxygen atoms in total. The first-order valence-electron chi connectivity index (χ1n) is 6.33. The van der Waals surface area contributed by atoms with Gasteiger partial charge in [0.15, 0.2) is 0 Å². The first-order chi connectivity index (χ1) is 9.37. The highest BCUT2D eigenvalue weighted by atomic mass is 32.2. The van der Waals surface area contributed by atoms with E-state index in [2.05, 4.69) is 4.72 Å². The Morgan fingerprint density at radius 2 is 2.25 bits per heavy atom. The number of nitrogens with one attached hydrogen (secondary N) is 1. The smallest absolute Gasteiger partial charge is 0.337 e. The summed E-state index contributed by atoms with van der Waals surface area (Å²) in [6, 6.07) is 4.56. The minimum Gasteiger partial charge on any atom is -0.478 e. The molecule has 1 heterocycles. The lowest BCUT2D eigenvalue weighted by Gasteiger charge is -2.14. The van der Waals surface area contributed by atoms with E-state index in [4.69, 9.17) is 9.84 Å². The molecule has 2 N–H and O–H groups in total. The van der Waals surface area contributed by atoms with Crippen molar-refractivity contribution < 1.29 is 23.1 Å². The van der Waals surface area contributed by atoms with Crippen molar-refractivity contribution in [1.82, 2.24) is 0 Å². The number of ether oxygens (including phenoxy) is 1. The van der Waals surface area contributed by atoms with E-state index in [0.29, 0.717) is 13.0 Å². The number of aryl methyl sites for hydroxylation is 1. The molecular weight excluding hydrogens is 282 g/mol. The third-order valence-electron chi connectivity index (χ3n) is 3.10. The average molecular weight is 299 g/mol. The Hall–Kier alpha value is -1.60. The number of rotatable bonds is 5. The van der Waals surface area contributed by atoms with Crippen LogP contribution in [-0.2, 0) is 14.8 Å². The standard InChI is InChI=1S/C13H17NO5S/c1-9-4-5-12(11(7-9)13(15)16)14-20(17,18)8-10-3-2-6-19-10/h4-5,7,10,14H,2-3,6,8H2,1H3,(H,15,16). The number of benzene rings is 1. The highest BCUT2D eigenvalue weighted by molar-refractivity contribution is 7.92. The molecule has 1 fully saturated rings. The molecule has 1 aromatic carbocycles. The molecule has 2 rings (SSSR count). The van der Waals surface area contributed by atoms with E-state index in [0.717, 1.165) is 12.0 Å². The summed E-state index contributed by atoms with van der Waals surface area (Å²) in [4.78, 5) is 11.1. The van der Waals surface area contributed by atoms with Crippen molar-refractivity contribution in [2.45, 2.75) is 25.9 Å². The van der Waals surface area contributed by atoms with Crippen LogP contribution in [0.5, 0.6) is 0 Å². The summed E-state index contributed by atoms with van der Waals surface area (Å²) in [6.07, 6.45) is 1.25. The zero-order valence-electron chi connectivity index (χ0n) is 11.1. The molecule has 110 valence electrons. The van der Waals surface area contributed by atoms with Crippen LogP contribution in [-0.4, -0.2) is 38.0 Å². The normalized spacial score (nSPS) is 18.9. The largest absolute Gasteiger partial charge is 0.478 e. The van der Waals surface area contributed by atoms with Gasteiger partial charge in [0.05, 0.1) is 23.1 Å². The van der Waals surface area contributed by atoms with Crippen molar-refractivity contribution in [2.24, 2.45) is 0 Å². The lowest BCUT2D eigenvalue weighted by atomic mass is 10.1. The first-order valence-corrected chi connectivity index (χ1v) is 7.99. The van der Waals surface area contributed by atoms with Crippen LogP contribution in [0, 0.1) is 6.92 Å². The molecule has 1 saturated heterocycles. The summed E-state index contributed by atoms with van der Waals surface area (Å²) >= 11 is 0. The number of hydrogen-bond donors (Lipinski definition) is 2. The summed E-state index contributed by atoms with van der Waals surface area (Å²) in [7, 11) is -3.63. The van der Waals surface area contributed by atoms with Gasteiger partial charge in [-0.05, 0) is 31.9 Å².